The van der Waals surface area contributed by atoms with Crippen molar-refractivity contribution in [3.05, 3.63) is 0 Å². The maximum atomic E-state index is 13.2. The molecular formula is C24H44N2O7. The number of ether oxygens (including phenoxy) is 2. The number of Topliss-reactive ketones (excluding diaryl/α,β-unsaturated/α-hetero) is 1. The first-order valence-electron chi connectivity index (χ1n) is 11.7. The molecule has 0 bridgehead atoms. The SMILES string of the molecule is CCC(C)=NC(C)(C)C(C)(C)CC(=O)C(C)C(C)OC1OC(CO)C(O)C(O)C1NC(C)=O. The molecule has 0 saturated carbocycles. The van der Waals surface area contributed by atoms with Crippen LogP contribution in [0.3, 0.4) is 0 Å². The Bertz CT molecular complexity index is 707. The number of carbonyl (C=O) groups is 2. The van der Waals surface area contributed by atoms with E-state index in [2.05, 4.69) is 5.32 Å². The van der Waals surface area contributed by atoms with Gasteiger partial charge in [-0.3, -0.25) is 14.6 Å². The number of aliphatic hydroxyl groups is 3. The first kappa shape index (κ1) is 29.6. The fourth-order valence-corrected chi connectivity index (χ4v) is 3.70. The topological polar surface area (TPSA) is 138 Å². The smallest absolute Gasteiger partial charge is 0.217 e. The summed E-state index contributed by atoms with van der Waals surface area (Å²) < 4.78 is 11.6. The van der Waals surface area contributed by atoms with E-state index >= 15 is 0 Å². The van der Waals surface area contributed by atoms with E-state index in [1.54, 1.807) is 13.8 Å². The highest BCUT2D eigenvalue weighted by Gasteiger charge is 2.47. The van der Waals surface area contributed by atoms with Crippen LogP contribution in [0.4, 0.5) is 0 Å². The number of amides is 1. The van der Waals surface area contributed by atoms with Gasteiger partial charge in [0.05, 0.1) is 18.2 Å². The van der Waals surface area contributed by atoms with Crippen LogP contribution in [0.5, 0.6) is 0 Å². The Kier molecular flexibility index (Phi) is 10.6. The molecule has 0 aliphatic carbocycles. The zero-order valence-corrected chi connectivity index (χ0v) is 21.6. The summed E-state index contributed by atoms with van der Waals surface area (Å²) in [7, 11) is 0. The molecule has 0 aromatic carbocycles. The number of hydrogen-bond acceptors (Lipinski definition) is 8. The molecule has 4 N–H and O–H groups in total. The molecule has 1 amide bonds. The second kappa shape index (κ2) is 11.8. The van der Waals surface area contributed by atoms with Crippen LogP contribution >= 0.6 is 0 Å². The zero-order chi connectivity index (χ0) is 25.7. The molecule has 9 heteroatoms. The monoisotopic (exact) mass is 472 g/mol. The molecule has 0 spiro atoms. The molecule has 1 aliphatic rings. The first-order valence-corrected chi connectivity index (χ1v) is 11.7. The van der Waals surface area contributed by atoms with Gasteiger partial charge >= 0.3 is 0 Å². The normalized spacial score (nSPS) is 28.8. The molecule has 7 unspecified atom stereocenters. The second-order valence-electron chi connectivity index (χ2n) is 10.3. The van der Waals surface area contributed by atoms with Crippen molar-refractivity contribution in [1.82, 2.24) is 5.32 Å². The lowest BCUT2D eigenvalue weighted by atomic mass is 9.70. The molecule has 9 nitrogen and oxygen atoms in total. The third kappa shape index (κ3) is 7.55. The largest absolute Gasteiger partial charge is 0.394 e. The van der Waals surface area contributed by atoms with Crippen molar-refractivity contribution in [1.29, 1.82) is 0 Å². The van der Waals surface area contributed by atoms with Crippen molar-refractivity contribution in [2.45, 2.75) is 117 Å². The number of hydrogen-bond donors (Lipinski definition) is 4. The lowest BCUT2D eigenvalue weighted by molar-refractivity contribution is -0.283. The van der Waals surface area contributed by atoms with Crippen molar-refractivity contribution < 1.29 is 34.4 Å². The standard InChI is InChI=1S/C24H44N2O7/c1-10-13(2)26-24(8,9)23(6,7)11-17(29)14(3)15(4)32-22-19(25-16(5)28)21(31)20(30)18(12-27)33-22/h14-15,18-22,27,30-31H,10-12H2,1-9H3,(H,25,28). The van der Waals surface area contributed by atoms with E-state index in [1.165, 1.54) is 6.92 Å². The van der Waals surface area contributed by atoms with E-state index in [4.69, 9.17) is 14.5 Å². The number of aliphatic hydroxyl groups excluding tert-OH is 3. The Hall–Kier alpha value is -1.39. The van der Waals surface area contributed by atoms with E-state index in [-0.39, 0.29) is 12.2 Å². The molecular weight excluding hydrogens is 428 g/mol. The van der Waals surface area contributed by atoms with Crippen LogP contribution in [0, 0.1) is 11.3 Å². The van der Waals surface area contributed by atoms with Crippen LogP contribution in [0.1, 0.15) is 75.2 Å². The van der Waals surface area contributed by atoms with E-state index in [0.717, 1.165) is 12.1 Å². The Labute approximate surface area is 198 Å². The summed E-state index contributed by atoms with van der Waals surface area (Å²) in [5.41, 5.74) is 0.184. The maximum Gasteiger partial charge on any atom is 0.217 e. The number of carbonyl (C=O) groups excluding carboxylic acids is 2. The van der Waals surface area contributed by atoms with E-state index in [9.17, 15) is 24.9 Å². The summed E-state index contributed by atoms with van der Waals surface area (Å²) >= 11 is 0. The van der Waals surface area contributed by atoms with Crippen LogP contribution < -0.4 is 5.32 Å². The highest BCUT2D eigenvalue weighted by molar-refractivity contribution is 5.83. The molecule has 1 heterocycles. The van der Waals surface area contributed by atoms with Gasteiger partial charge in [0.25, 0.3) is 0 Å². The van der Waals surface area contributed by atoms with Gasteiger partial charge in [0, 0.05) is 25.0 Å². The summed E-state index contributed by atoms with van der Waals surface area (Å²) in [5, 5.41) is 32.6. The molecule has 1 aliphatic heterocycles. The Morgan fingerprint density at radius 3 is 2.18 bits per heavy atom. The van der Waals surface area contributed by atoms with E-state index in [1.807, 2.05) is 41.5 Å². The summed E-state index contributed by atoms with van der Waals surface area (Å²) in [5.74, 6) is -0.944. The Morgan fingerprint density at radius 2 is 1.70 bits per heavy atom. The van der Waals surface area contributed by atoms with Gasteiger partial charge in [-0.2, -0.15) is 0 Å². The van der Waals surface area contributed by atoms with Crippen molar-refractivity contribution in [2.24, 2.45) is 16.3 Å². The first-order chi connectivity index (χ1) is 15.1. The maximum absolute atomic E-state index is 13.2. The molecule has 7 atom stereocenters. The van der Waals surface area contributed by atoms with Gasteiger partial charge in [0.1, 0.15) is 30.1 Å². The molecule has 1 saturated heterocycles. The van der Waals surface area contributed by atoms with Crippen LogP contribution in [0.25, 0.3) is 0 Å². The van der Waals surface area contributed by atoms with Gasteiger partial charge in [-0.25, -0.2) is 0 Å². The molecule has 1 fully saturated rings. The summed E-state index contributed by atoms with van der Waals surface area (Å²) in [4.78, 5) is 29.6. The quantitative estimate of drug-likeness (QED) is 0.335. The van der Waals surface area contributed by atoms with Gasteiger partial charge < -0.3 is 30.1 Å². The molecule has 1 rings (SSSR count). The number of nitrogens with zero attached hydrogens (tertiary/aromatic N) is 1. The number of ketones is 1. The minimum Gasteiger partial charge on any atom is -0.394 e. The van der Waals surface area contributed by atoms with Crippen molar-refractivity contribution >= 4 is 17.4 Å². The Balaban J connectivity index is 2.96. The average Bonchev–Trinajstić information content (AvgIpc) is 2.71. The second-order valence-corrected chi connectivity index (χ2v) is 10.3. The fraction of sp³-hybridized carbons (Fsp3) is 0.875. The van der Waals surface area contributed by atoms with Crippen molar-refractivity contribution in [3.63, 3.8) is 0 Å². The summed E-state index contributed by atoms with van der Waals surface area (Å²) in [6.07, 6.45) is -4.49. The highest BCUT2D eigenvalue weighted by Crippen LogP contribution is 2.39. The zero-order valence-electron chi connectivity index (χ0n) is 21.6. The third-order valence-electron chi connectivity index (χ3n) is 7.07. The number of rotatable bonds is 11. The fourth-order valence-electron chi connectivity index (χ4n) is 3.70. The third-order valence-corrected chi connectivity index (χ3v) is 7.07. The van der Waals surface area contributed by atoms with Gasteiger partial charge in [-0.15, -0.1) is 0 Å². The Morgan fingerprint density at radius 1 is 1.12 bits per heavy atom. The van der Waals surface area contributed by atoms with Gasteiger partial charge in [-0.05, 0) is 39.5 Å². The van der Waals surface area contributed by atoms with E-state index < -0.39 is 66.1 Å². The molecule has 33 heavy (non-hydrogen) atoms. The van der Waals surface area contributed by atoms with Crippen molar-refractivity contribution in [2.75, 3.05) is 6.61 Å². The van der Waals surface area contributed by atoms with Crippen LogP contribution in [0.2, 0.25) is 0 Å². The number of nitrogens with one attached hydrogen (secondary N) is 1. The lowest BCUT2D eigenvalue weighted by Gasteiger charge is -2.43. The number of aliphatic imine (C=N–C) groups is 1. The van der Waals surface area contributed by atoms with Gasteiger partial charge in [-0.1, -0.05) is 27.7 Å². The van der Waals surface area contributed by atoms with Gasteiger partial charge in [0.15, 0.2) is 6.29 Å². The predicted molar refractivity (Wildman–Crippen MR) is 126 cm³/mol. The molecule has 0 aromatic heterocycles. The van der Waals surface area contributed by atoms with Gasteiger partial charge in [0.2, 0.25) is 5.91 Å². The van der Waals surface area contributed by atoms with Crippen LogP contribution in [0.15, 0.2) is 4.99 Å². The highest BCUT2D eigenvalue weighted by atomic mass is 16.7. The lowest BCUT2D eigenvalue weighted by Crippen LogP contribution is -2.65. The molecule has 0 radical (unpaired) electrons. The summed E-state index contributed by atoms with van der Waals surface area (Å²) in [6.45, 7) is 16.4. The average molecular weight is 473 g/mol. The minimum absolute atomic E-state index is 0.00361. The van der Waals surface area contributed by atoms with E-state index in [0.29, 0.717) is 0 Å². The van der Waals surface area contributed by atoms with Crippen molar-refractivity contribution in [3.8, 4) is 0 Å². The molecule has 0 aromatic rings. The predicted octanol–water partition coefficient (Wildman–Crippen LogP) is 1.61. The molecule has 192 valence electrons. The minimum atomic E-state index is -1.40. The summed E-state index contributed by atoms with van der Waals surface area (Å²) in [6, 6.07) is -1.05. The van der Waals surface area contributed by atoms with Crippen LogP contribution in [-0.2, 0) is 19.1 Å². The van der Waals surface area contributed by atoms with Crippen LogP contribution in [-0.4, -0.2) is 81.6 Å².